The SMILES string of the molecule is C[C@H]1CCCN1c1cc2[nH]cnc2c(-c2ccc3c(c2)ncn3C2CCCCC2)n1. The number of hydrogen-bond donors (Lipinski definition) is 1. The van der Waals surface area contributed by atoms with Crippen molar-refractivity contribution in [2.75, 3.05) is 11.4 Å². The first-order chi connectivity index (χ1) is 14.8. The standard InChI is InChI=1S/C24H28N6/c1-16-6-5-11-29(16)22-13-20-24(26-14-25-20)23(28-22)17-9-10-21-19(12-17)27-15-30(21)18-7-3-2-4-8-18/h9-10,12-16,18H,2-8,11H2,1H3,(H,25,26)/t16-/m0/s1. The predicted molar refractivity (Wildman–Crippen MR) is 121 cm³/mol. The second kappa shape index (κ2) is 7.11. The minimum absolute atomic E-state index is 0.527. The highest BCUT2D eigenvalue weighted by atomic mass is 15.2. The predicted octanol–water partition coefficient (Wildman–Crippen LogP) is 5.47. The Morgan fingerprint density at radius 2 is 1.90 bits per heavy atom. The van der Waals surface area contributed by atoms with E-state index in [2.05, 4.69) is 50.6 Å². The molecule has 1 aliphatic heterocycles. The molecule has 4 heterocycles. The van der Waals surface area contributed by atoms with Gasteiger partial charge in [-0.25, -0.2) is 15.0 Å². The van der Waals surface area contributed by atoms with E-state index in [1.165, 1.54) is 50.5 Å². The average Bonchev–Trinajstić information content (AvgIpc) is 3.52. The molecule has 1 aliphatic carbocycles. The summed E-state index contributed by atoms with van der Waals surface area (Å²) in [7, 11) is 0. The maximum Gasteiger partial charge on any atom is 0.131 e. The summed E-state index contributed by atoms with van der Waals surface area (Å²) in [6, 6.07) is 9.85. The smallest absolute Gasteiger partial charge is 0.131 e. The second-order valence-electron chi connectivity index (χ2n) is 8.96. The van der Waals surface area contributed by atoms with Gasteiger partial charge in [-0.05, 0) is 44.7 Å². The van der Waals surface area contributed by atoms with Gasteiger partial charge in [-0.1, -0.05) is 25.3 Å². The molecule has 6 nitrogen and oxygen atoms in total. The zero-order chi connectivity index (χ0) is 20.1. The molecule has 154 valence electrons. The highest BCUT2D eigenvalue weighted by Crippen LogP contribution is 2.35. The van der Waals surface area contributed by atoms with Crippen LogP contribution in [0.1, 0.15) is 57.9 Å². The second-order valence-corrected chi connectivity index (χ2v) is 8.96. The van der Waals surface area contributed by atoms with Crippen LogP contribution >= 0.6 is 0 Å². The Labute approximate surface area is 176 Å². The zero-order valence-corrected chi connectivity index (χ0v) is 17.5. The fourth-order valence-electron chi connectivity index (χ4n) is 5.38. The van der Waals surface area contributed by atoms with Crippen LogP contribution in [0.2, 0.25) is 0 Å². The molecule has 1 atom stereocenters. The molecule has 0 bridgehead atoms. The fourth-order valence-corrected chi connectivity index (χ4v) is 5.38. The highest BCUT2D eigenvalue weighted by Gasteiger charge is 2.24. The van der Waals surface area contributed by atoms with Crippen LogP contribution in [0.5, 0.6) is 0 Å². The third kappa shape index (κ3) is 2.89. The van der Waals surface area contributed by atoms with E-state index in [1.54, 1.807) is 6.33 Å². The Balaban J connectivity index is 1.44. The molecule has 0 spiro atoms. The molecule has 0 unspecified atom stereocenters. The number of benzene rings is 1. The van der Waals surface area contributed by atoms with E-state index >= 15 is 0 Å². The third-order valence-electron chi connectivity index (χ3n) is 7.06. The summed E-state index contributed by atoms with van der Waals surface area (Å²) in [6.07, 6.45) is 12.8. The van der Waals surface area contributed by atoms with Crippen molar-refractivity contribution < 1.29 is 0 Å². The van der Waals surface area contributed by atoms with Gasteiger partial charge in [-0.2, -0.15) is 0 Å². The summed E-state index contributed by atoms with van der Waals surface area (Å²) in [5.74, 6) is 1.04. The molecule has 3 aromatic heterocycles. The molecule has 30 heavy (non-hydrogen) atoms. The van der Waals surface area contributed by atoms with Gasteiger partial charge in [-0.15, -0.1) is 0 Å². The minimum atomic E-state index is 0.527. The van der Waals surface area contributed by atoms with Crippen LogP contribution in [-0.4, -0.2) is 37.1 Å². The van der Waals surface area contributed by atoms with Crippen molar-refractivity contribution in [1.82, 2.24) is 24.5 Å². The average molecular weight is 401 g/mol. The molecule has 1 aromatic carbocycles. The van der Waals surface area contributed by atoms with Gasteiger partial charge in [-0.3, -0.25) is 0 Å². The van der Waals surface area contributed by atoms with E-state index in [0.29, 0.717) is 12.1 Å². The van der Waals surface area contributed by atoms with Gasteiger partial charge in [0.2, 0.25) is 0 Å². The number of H-pyrrole nitrogens is 1. The first kappa shape index (κ1) is 17.9. The summed E-state index contributed by atoms with van der Waals surface area (Å²) >= 11 is 0. The van der Waals surface area contributed by atoms with E-state index in [0.717, 1.165) is 40.2 Å². The van der Waals surface area contributed by atoms with Crippen LogP contribution < -0.4 is 4.90 Å². The third-order valence-corrected chi connectivity index (χ3v) is 7.06. The van der Waals surface area contributed by atoms with Crippen molar-refractivity contribution in [2.45, 2.75) is 64.0 Å². The minimum Gasteiger partial charge on any atom is -0.354 e. The van der Waals surface area contributed by atoms with Crippen molar-refractivity contribution in [1.29, 1.82) is 0 Å². The Morgan fingerprint density at radius 1 is 1.00 bits per heavy atom. The van der Waals surface area contributed by atoms with E-state index in [9.17, 15) is 0 Å². The summed E-state index contributed by atoms with van der Waals surface area (Å²) in [5, 5.41) is 0. The Morgan fingerprint density at radius 3 is 2.73 bits per heavy atom. The number of aromatic amines is 1. The summed E-state index contributed by atoms with van der Waals surface area (Å²) in [6.45, 7) is 3.35. The van der Waals surface area contributed by atoms with Crippen molar-refractivity contribution in [2.24, 2.45) is 0 Å². The Bertz CT molecular complexity index is 1200. The number of nitrogens with zero attached hydrogens (tertiary/aromatic N) is 5. The molecule has 6 heteroatoms. The molecule has 1 N–H and O–H groups in total. The fraction of sp³-hybridized carbons (Fsp3) is 0.458. The van der Waals surface area contributed by atoms with Crippen LogP contribution in [0.25, 0.3) is 33.3 Å². The molecule has 1 saturated carbocycles. The van der Waals surface area contributed by atoms with Gasteiger partial charge in [0.05, 0.1) is 29.2 Å². The molecule has 4 aromatic rings. The number of hydrogen-bond acceptors (Lipinski definition) is 4. The lowest BCUT2D eigenvalue weighted by atomic mass is 9.95. The van der Waals surface area contributed by atoms with Crippen molar-refractivity contribution >= 4 is 27.9 Å². The number of aromatic nitrogens is 5. The van der Waals surface area contributed by atoms with Gasteiger partial charge in [0, 0.05) is 30.3 Å². The van der Waals surface area contributed by atoms with E-state index in [4.69, 9.17) is 9.97 Å². The van der Waals surface area contributed by atoms with Gasteiger partial charge in [0.1, 0.15) is 17.0 Å². The molecular weight excluding hydrogens is 372 g/mol. The number of imidazole rings is 2. The maximum absolute atomic E-state index is 5.09. The van der Waals surface area contributed by atoms with Crippen LogP contribution in [-0.2, 0) is 0 Å². The number of pyridine rings is 1. The zero-order valence-electron chi connectivity index (χ0n) is 17.5. The molecular formula is C24H28N6. The molecule has 0 radical (unpaired) electrons. The van der Waals surface area contributed by atoms with Crippen LogP contribution in [0.15, 0.2) is 36.9 Å². The van der Waals surface area contributed by atoms with Gasteiger partial charge < -0.3 is 14.5 Å². The quantitative estimate of drug-likeness (QED) is 0.495. The molecule has 0 amide bonds. The lowest BCUT2D eigenvalue weighted by Gasteiger charge is -2.24. The van der Waals surface area contributed by atoms with Crippen molar-refractivity contribution in [3.05, 3.63) is 36.9 Å². The number of nitrogens with one attached hydrogen (secondary N) is 1. The number of rotatable bonds is 3. The van der Waals surface area contributed by atoms with Crippen molar-refractivity contribution in [3.63, 3.8) is 0 Å². The normalized spacial score (nSPS) is 20.6. The van der Waals surface area contributed by atoms with Crippen LogP contribution in [0, 0.1) is 0 Å². The Hall–Kier alpha value is -2.89. The first-order valence-corrected chi connectivity index (χ1v) is 11.4. The number of anilines is 1. The lowest BCUT2D eigenvalue weighted by Crippen LogP contribution is -2.27. The maximum atomic E-state index is 5.09. The van der Waals surface area contributed by atoms with Gasteiger partial charge in [0.25, 0.3) is 0 Å². The molecule has 1 saturated heterocycles. The topological polar surface area (TPSA) is 62.6 Å². The van der Waals surface area contributed by atoms with Crippen LogP contribution in [0.3, 0.4) is 0 Å². The van der Waals surface area contributed by atoms with E-state index in [1.807, 2.05) is 6.33 Å². The highest BCUT2D eigenvalue weighted by molar-refractivity contribution is 5.93. The number of fused-ring (bicyclic) bond motifs is 2. The Kier molecular flexibility index (Phi) is 4.25. The molecule has 6 rings (SSSR count). The lowest BCUT2D eigenvalue weighted by molar-refractivity contribution is 0.359. The summed E-state index contributed by atoms with van der Waals surface area (Å²) < 4.78 is 2.39. The monoisotopic (exact) mass is 400 g/mol. The van der Waals surface area contributed by atoms with E-state index in [-0.39, 0.29) is 0 Å². The first-order valence-electron chi connectivity index (χ1n) is 11.4. The van der Waals surface area contributed by atoms with E-state index < -0.39 is 0 Å². The van der Waals surface area contributed by atoms with Crippen LogP contribution in [0.4, 0.5) is 5.82 Å². The largest absolute Gasteiger partial charge is 0.354 e. The van der Waals surface area contributed by atoms with Gasteiger partial charge >= 0.3 is 0 Å². The van der Waals surface area contributed by atoms with Crippen molar-refractivity contribution in [3.8, 4) is 11.3 Å². The summed E-state index contributed by atoms with van der Waals surface area (Å²) in [5.41, 5.74) is 6.27. The summed E-state index contributed by atoms with van der Waals surface area (Å²) in [4.78, 5) is 20.1. The van der Waals surface area contributed by atoms with Gasteiger partial charge in [0.15, 0.2) is 0 Å². The molecule has 2 aliphatic rings. The molecule has 2 fully saturated rings.